The number of nitrogens with zero attached hydrogens (tertiary/aromatic N) is 4. The van der Waals surface area contributed by atoms with Gasteiger partial charge in [0.15, 0.2) is 0 Å². The first-order valence-corrected chi connectivity index (χ1v) is 11.0. The number of carbonyl (C=O) groups is 2. The molecule has 8 nitrogen and oxygen atoms in total. The standard InChI is InChI=1S/C22H21N5O3S/c1-13-7-20(30-26-13)14(2)15-3-4-19-18(8-15)17(5-6-24-19)22(29)25-10-21(28)27-12-31-11-16(27)9-23/h3-8,14,16H,10-12H2,1-2H3,(H,25,29)/t14?,16-/m1/s1. The maximum Gasteiger partial charge on any atom is 0.252 e. The van der Waals surface area contributed by atoms with Gasteiger partial charge in [-0.25, -0.2) is 0 Å². The minimum Gasteiger partial charge on any atom is -0.361 e. The number of hydrogen-bond donors (Lipinski definition) is 1. The van der Waals surface area contributed by atoms with Crippen LogP contribution in [0.1, 0.15) is 40.2 Å². The Hall–Kier alpha value is -3.38. The molecule has 3 aromatic rings. The van der Waals surface area contributed by atoms with Crippen LogP contribution < -0.4 is 5.32 Å². The molecule has 3 heterocycles. The summed E-state index contributed by atoms with van der Waals surface area (Å²) in [5.74, 6) is 1.14. The Labute approximate surface area is 183 Å². The lowest BCUT2D eigenvalue weighted by atomic mass is 9.95. The number of thioether (sulfide) groups is 1. The van der Waals surface area contributed by atoms with Crippen LogP contribution in [-0.4, -0.2) is 51.1 Å². The monoisotopic (exact) mass is 435 g/mol. The minimum absolute atomic E-state index is 0.0427. The molecule has 1 aromatic carbocycles. The molecule has 0 radical (unpaired) electrons. The van der Waals surface area contributed by atoms with Crippen molar-refractivity contribution in [2.24, 2.45) is 0 Å². The molecule has 1 fully saturated rings. The summed E-state index contributed by atoms with van der Waals surface area (Å²) in [6.45, 7) is 3.72. The Morgan fingerprint density at radius 3 is 2.97 bits per heavy atom. The minimum atomic E-state index is -0.445. The zero-order chi connectivity index (χ0) is 22.0. The lowest BCUT2D eigenvalue weighted by Crippen LogP contribution is -2.42. The van der Waals surface area contributed by atoms with Crippen molar-refractivity contribution in [2.75, 3.05) is 18.2 Å². The summed E-state index contributed by atoms with van der Waals surface area (Å²) >= 11 is 1.53. The molecule has 1 saturated heterocycles. The molecule has 2 atom stereocenters. The van der Waals surface area contributed by atoms with Crippen molar-refractivity contribution in [3.63, 3.8) is 0 Å². The molecule has 1 N–H and O–H groups in total. The highest BCUT2D eigenvalue weighted by atomic mass is 32.2. The van der Waals surface area contributed by atoms with Gasteiger partial charge in [0.05, 0.1) is 35.3 Å². The molecule has 1 aliphatic rings. The first-order chi connectivity index (χ1) is 15.0. The second kappa shape index (κ2) is 8.78. The lowest BCUT2D eigenvalue weighted by molar-refractivity contribution is -0.129. The van der Waals surface area contributed by atoms with Crippen LogP contribution in [0.5, 0.6) is 0 Å². The predicted octanol–water partition coefficient (Wildman–Crippen LogP) is 2.84. The van der Waals surface area contributed by atoms with E-state index in [-0.39, 0.29) is 24.3 Å². The van der Waals surface area contributed by atoms with Gasteiger partial charge in [-0.15, -0.1) is 11.8 Å². The van der Waals surface area contributed by atoms with Gasteiger partial charge in [-0.05, 0) is 30.7 Å². The highest BCUT2D eigenvalue weighted by molar-refractivity contribution is 7.99. The quantitative estimate of drug-likeness (QED) is 0.656. The molecule has 0 spiro atoms. The second-order valence-electron chi connectivity index (χ2n) is 7.42. The van der Waals surface area contributed by atoms with Gasteiger partial charge in [-0.2, -0.15) is 5.26 Å². The van der Waals surface area contributed by atoms with Crippen LogP contribution >= 0.6 is 11.8 Å². The van der Waals surface area contributed by atoms with E-state index in [0.717, 1.165) is 17.0 Å². The number of aromatic nitrogens is 2. The van der Waals surface area contributed by atoms with Gasteiger partial charge in [-0.3, -0.25) is 14.6 Å². The van der Waals surface area contributed by atoms with Gasteiger partial charge in [0.2, 0.25) is 5.91 Å². The summed E-state index contributed by atoms with van der Waals surface area (Å²) in [5.41, 5.74) is 2.90. The lowest BCUT2D eigenvalue weighted by Gasteiger charge is -2.18. The molecule has 0 aliphatic carbocycles. The third-order valence-electron chi connectivity index (χ3n) is 5.34. The summed E-state index contributed by atoms with van der Waals surface area (Å²) < 4.78 is 5.39. The topological polar surface area (TPSA) is 112 Å². The predicted molar refractivity (Wildman–Crippen MR) is 116 cm³/mol. The molecule has 0 saturated carbocycles. The number of pyridine rings is 1. The average Bonchev–Trinajstić information content (AvgIpc) is 3.44. The van der Waals surface area contributed by atoms with Crippen LogP contribution in [-0.2, 0) is 4.79 Å². The Bertz CT molecular complexity index is 1190. The third-order valence-corrected chi connectivity index (χ3v) is 6.35. The molecule has 158 valence electrons. The second-order valence-corrected chi connectivity index (χ2v) is 8.42. The number of aryl methyl sites for hydroxylation is 1. The highest BCUT2D eigenvalue weighted by Gasteiger charge is 2.29. The smallest absolute Gasteiger partial charge is 0.252 e. The first-order valence-electron chi connectivity index (χ1n) is 9.85. The molecule has 0 bridgehead atoms. The summed E-state index contributed by atoms with van der Waals surface area (Å²) in [4.78, 5) is 31.2. The summed E-state index contributed by atoms with van der Waals surface area (Å²) in [5, 5.41) is 16.5. The van der Waals surface area contributed by atoms with E-state index in [1.807, 2.05) is 38.1 Å². The fourth-order valence-corrected chi connectivity index (χ4v) is 4.63. The highest BCUT2D eigenvalue weighted by Crippen LogP contribution is 2.28. The number of hydrogen-bond acceptors (Lipinski definition) is 7. The number of rotatable bonds is 5. The molecule has 4 rings (SSSR count). The first kappa shape index (κ1) is 20.9. The van der Waals surface area contributed by atoms with Crippen molar-refractivity contribution < 1.29 is 14.1 Å². The van der Waals surface area contributed by atoms with Crippen LogP contribution in [0.25, 0.3) is 10.9 Å². The van der Waals surface area contributed by atoms with Crippen molar-refractivity contribution >= 4 is 34.5 Å². The summed E-state index contributed by atoms with van der Waals surface area (Å²) in [7, 11) is 0. The van der Waals surface area contributed by atoms with E-state index in [0.29, 0.717) is 28.1 Å². The molecule has 31 heavy (non-hydrogen) atoms. The Morgan fingerprint density at radius 1 is 1.39 bits per heavy atom. The molecule has 1 unspecified atom stereocenters. The molecular weight excluding hydrogens is 414 g/mol. The SMILES string of the molecule is Cc1cc(C(C)c2ccc3nccc(C(=O)NCC(=O)N4CSC[C@H]4C#N)c3c2)on1. The fourth-order valence-electron chi connectivity index (χ4n) is 3.53. The van der Waals surface area contributed by atoms with Crippen LogP contribution in [0.2, 0.25) is 0 Å². The molecule has 2 amide bonds. The molecular formula is C22H21N5O3S. The zero-order valence-corrected chi connectivity index (χ0v) is 18.0. The Morgan fingerprint density at radius 2 is 2.23 bits per heavy atom. The van der Waals surface area contributed by atoms with Gasteiger partial charge in [0.1, 0.15) is 11.8 Å². The van der Waals surface area contributed by atoms with Gasteiger partial charge in [0, 0.05) is 29.3 Å². The van der Waals surface area contributed by atoms with Crippen molar-refractivity contribution in [1.82, 2.24) is 20.4 Å². The van der Waals surface area contributed by atoms with Gasteiger partial charge >= 0.3 is 0 Å². The zero-order valence-electron chi connectivity index (χ0n) is 17.2. The Balaban J connectivity index is 1.55. The van der Waals surface area contributed by atoms with E-state index in [2.05, 4.69) is 21.5 Å². The van der Waals surface area contributed by atoms with Crippen molar-refractivity contribution in [2.45, 2.75) is 25.8 Å². The molecule has 2 aromatic heterocycles. The van der Waals surface area contributed by atoms with Crippen LogP contribution in [0.4, 0.5) is 0 Å². The van der Waals surface area contributed by atoms with Gasteiger partial charge < -0.3 is 14.7 Å². The Kier molecular flexibility index (Phi) is 5.91. The van der Waals surface area contributed by atoms with Gasteiger partial charge in [-0.1, -0.05) is 18.1 Å². The van der Waals surface area contributed by atoms with Crippen LogP contribution in [0.3, 0.4) is 0 Å². The third kappa shape index (κ3) is 4.25. The van der Waals surface area contributed by atoms with Gasteiger partial charge in [0.25, 0.3) is 5.91 Å². The number of benzene rings is 1. The van der Waals surface area contributed by atoms with Crippen molar-refractivity contribution in [3.8, 4) is 6.07 Å². The maximum atomic E-state index is 12.9. The molecule has 9 heteroatoms. The van der Waals surface area contributed by atoms with E-state index in [1.54, 1.807) is 12.3 Å². The largest absolute Gasteiger partial charge is 0.361 e. The maximum absolute atomic E-state index is 12.9. The van der Waals surface area contributed by atoms with E-state index < -0.39 is 6.04 Å². The van der Waals surface area contributed by atoms with E-state index in [1.165, 1.54) is 16.7 Å². The fraction of sp³-hybridized carbons (Fsp3) is 0.318. The van der Waals surface area contributed by atoms with Crippen LogP contribution in [0, 0.1) is 18.3 Å². The number of nitrogens with one attached hydrogen (secondary N) is 1. The number of nitriles is 1. The van der Waals surface area contributed by atoms with E-state index in [4.69, 9.17) is 9.78 Å². The van der Waals surface area contributed by atoms with E-state index in [9.17, 15) is 9.59 Å². The number of carbonyl (C=O) groups excluding carboxylic acids is 2. The van der Waals surface area contributed by atoms with Crippen molar-refractivity contribution in [3.05, 3.63) is 59.1 Å². The summed E-state index contributed by atoms with van der Waals surface area (Å²) in [6.07, 6.45) is 1.57. The summed E-state index contributed by atoms with van der Waals surface area (Å²) in [6, 6.07) is 10.9. The van der Waals surface area contributed by atoms with Crippen LogP contribution in [0.15, 0.2) is 41.1 Å². The van der Waals surface area contributed by atoms with E-state index >= 15 is 0 Å². The molecule has 1 aliphatic heterocycles. The average molecular weight is 436 g/mol. The number of fused-ring (bicyclic) bond motifs is 1. The van der Waals surface area contributed by atoms with Crippen molar-refractivity contribution in [1.29, 1.82) is 5.26 Å². The number of amides is 2. The normalized spacial score (nSPS) is 16.8.